The Morgan fingerprint density at radius 1 is 1.36 bits per heavy atom. The number of nitrogens with one attached hydrogen (secondary N) is 1. The Morgan fingerprint density at radius 2 is 2.00 bits per heavy atom. The maximum Gasteiger partial charge on any atom is 0.354 e. The van der Waals surface area contributed by atoms with Gasteiger partial charge in [-0.05, 0) is 0 Å². The number of carbonyl (C=O) groups excluding carboxylic acids is 2. The van der Waals surface area contributed by atoms with Crippen LogP contribution in [0.4, 0.5) is 5.95 Å². The van der Waals surface area contributed by atoms with Gasteiger partial charge >= 0.3 is 17.6 Å². The fraction of sp³-hybridized carbons (Fsp3) is 0.600. The highest BCUT2D eigenvalue weighted by Gasteiger charge is 2.39. The van der Waals surface area contributed by atoms with Crippen LogP contribution in [0.3, 0.4) is 0 Å². The van der Waals surface area contributed by atoms with E-state index in [0.717, 1.165) is 6.92 Å². The van der Waals surface area contributed by atoms with E-state index in [4.69, 9.17) is 24.1 Å². The maximum atomic E-state index is 12.1. The first-order valence-electron chi connectivity index (χ1n) is 8.03. The van der Waals surface area contributed by atoms with Gasteiger partial charge in [0, 0.05) is 33.4 Å². The predicted octanol–water partition coefficient (Wildman–Crippen LogP) is 0.201. The number of carbonyl (C=O) groups is 3. The van der Waals surface area contributed by atoms with E-state index in [1.54, 1.807) is 6.26 Å². The lowest BCUT2D eigenvalue weighted by molar-refractivity contribution is -0.155. The van der Waals surface area contributed by atoms with E-state index >= 15 is 0 Å². The minimum absolute atomic E-state index is 0.0779. The van der Waals surface area contributed by atoms with Gasteiger partial charge in [-0.2, -0.15) is 4.98 Å². The molecule has 0 radical (unpaired) electrons. The Hall–Kier alpha value is -2.67. The second kappa shape index (κ2) is 11.2. The molecule has 0 aromatic carbocycles. The van der Waals surface area contributed by atoms with Crippen molar-refractivity contribution in [1.29, 1.82) is 0 Å². The molecule has 0 saturated carbocycles. The minimum Gasteiger partial charge on any atom is -0.481 e. The number of carboxylic acid groups (broad SMARTS) is 1. The summed E-state index contributed by atoms with van der Waals surface area (Å²) in [6.07, 6.45) is 1.28. The first-order chi connectivity index (χ1) is 13.1. The van der Waals surface area contributed by atoms with Crippen LogP contribution in [0.25, 0.3) is 0 Å². The zero-order valence-electron chi connectivity index (χ0n) is 15.8. The average molecular weight is 418 g/mol. The normalized spacial score (nSPS) is 20.5. The minimum atomic E-state index is -0.833. The molecule has 1 aromatic heterocycles. The lowest BCUT2D eigenvalue weighted by Gasteiger charge is -2.17. The van der Waals surface area contributed by atoms with Crippen LogP contribution in [-0.2, 0) is 28.6 Å². The van der Waals surface area contributed by atoms with Crippen molar-refractivity contribution in [2.75, 3.05) is 17.6 Å². The summed E-state index contributed by atoms with van der Waals surface area (Å²) in [6, 6.07) is 0. The molecule has 1 aromatic rings. The van der Waals surface area contributed by atoms with Crippen LogP contribution in [0.1, 0.15) is 33.4 Å². The van der Waals surface area contributed by atoms with E-state index in [1.165, 1.54) is 36.7 Å². The lowest BCUT2D eigenvalue weighted by atomic mass is 10.2. The zero-order chi connectivity index (χ0) is 21.3. The van der Waals surface area contributed by atoms with Crippen molar-refractivity contribution >= 4 is 35.8 Å². The molecule has 1 saturated heterocycles. The van der Waals surface area contributed by atoms with Crippen molar-refractivity contribution in [2.45, 2.75) is 45.6 Å². The van der Waals surface area contributed by atoms with Gasteiger partial charge in [0.1, 0.15) is 31.4 Å². The van der Waals surface area contributed by atoms with E-state index < -0.39 is 42.0 Å². The summed E-state index contributed by atoms with van der Waals surface area (Å²) in [4.78, 5) is 51.1. The van der Waals surface area contributed by atoms with Crippen LogP contribution in [0.15, 0.2) is 11.1 Å². The van der Waals surface area contributed by atoms with Crippen molar-refractivity contribution in [1.82, 2.24) is 14.5 Å². The topological polar surface area (TPSA) is 159 Å². The first-order valence-corrected chi connectivity index (χ1v) is 9.26. The van der Waals surface area contributed by atoms with E-state index in [-0.39, 0.29) is 19.0 Å². The molecule has 0 amide bonds. The Kier molecular flexibility index (Phi) is 9.38. The van der Waals surface area contributed by atoms with E-state index in [2.05, 4.69) is 14.7 Å². The average Bonchev–Trinajstić information content (AvgIpc) is 2.94. The quantitative estimate of drug-likeness (QED) is 0.478. The van der Waals surface area contributed by atoms with E-state index in [0.29, 0.717) is 0 Å². The number of anilines is 1. The molecule has 1 aliphatic heterocycles. The molecule has 0 bridgehead atoms. The Morgan fingerprint density at radius 3 is 2.50 bits per heavy atom. The monoisotopic (exact) mass is 418 g/mol. The first kappa shape index (κ1) is 23.4. The number of hydrogen-bond acceptors (Lipinski definition) is 11. The van der Waals surface area contributed by atoms with E-state index in [1.807, 2.05) is 0 Å². The van der Waals surface area contributed by atoms with Crippen LogP contribution >= 0.6 is 11.9 Å². The van der Waals surface area contributed by atoms with Gasteiger partial charge in [0.05, 0.1) is 0 Å². The number of hydrogen-bond donors (Lipinski definition) is 2. The number of esters is 2. The van der Waals surface area contributed by atoms with Gasteiger partial charge in [0.25, 0.3) is 5.97 Å². The molecule has 1 aliphatic rings. The van der Waals surface area contributed by atoms with Crippen molar-refractivity contribution in [3.63, 3.8) is 0 Å². The molecule has 156 valence electrons. The molecule has 13 heteroatoms. The van der Waals surface area contributed by atoms with Crippen LogP contribution in [0.5, 0.6) is 0 Å². The molecule has 3 atom stereocenters. The summed E-state index contributed by atoms with van der Waals surface area (Å²) in [5.41, 5.74) is -0.554. The van der Waals surface area contributed by atoms with Crippen LogP contribution < -0.4 is 10.4 Å². The molecule has 1 fully saturated rings. The third-order valence-corrected chi connectivity index (χ3v) is 3.57. The van der Waals surface area contributed by atoms with Crippen molar-refractivity contribution in [2.24, 2.45) is 0 Å². The molecule has 12 nitrogen and oxygen atoms in total. The van der Waals surface area contributed by atoms with Crippen molar-refractivity contribution in [3.05, 3.63) is 16.8 Å². The highest BCUT2D eigenvalue weighted by molar-refractivity contribution is 7.99. The molecular weight excluding hydrogens is 396 g/mol. The molecule has 2 N–H and O–H groups in total. The molecule has 2 unspecified atom stereocenters. The maximum absolute atomic E-state index is 12.1. The predicted molar refractivity (Wildman–Crippen MR) is 97.5 cm³/mol. The van der Waals surface area contributed by atoms with Gasteiger partial charge in [-0.15, -0.1) is 0 Å². The summed E-state index contributed by atoms with van der Waals surface area (Å²) >= 11 is 1.26. The van der Waals surface area contributed by atoms with Gasteiger partial charge in [-0.3, -0.25) is 23.7 Å². The number of rotatable bonds is 6. The summed E-state index contributed by atoms with van der Waals surface area (Å²) in [5, 5.41) is 7.42. The number of aromatic nitrogens is 3. The summed E-state index contributed by atoms with van der Waals surface area (Å²) in [7, 11) is 0. The molecule has 28 heavy (non-hydrogen) atoms. The number of carboxylic acids is 1. The van der Waals surface area contributed by atoms with Crippen molar-refractivity contribution < 1.29 is 33.7 Å². The van der Waals surface area contributed by atoms with Gasteiger partial charge in [-0.25, -0.2) is 9.78 Å². The highest BCUT2D eigenvalue weighted by atomic mass is 32.2. The lowest BCUT2D eigenvalue weighted by Crippen LogP contribution is -2.31. The van der Waals surface area contributed by atoms with Crippen LogP contribution in [-0.4, -0.2) is 62.6 Å². The second-order valence-electron chi connectivity index (χ2n) is 5.51. The largest absolute Gasteiger partial charge is 0.481 e. The smallest absolute Gasteiger partial charge is 0.354 e. The number of ether oxygens (including phenoxy) is 3. The Bertz CT molecular complexity index is 752. The molecular formula is C15H22N4O8S. The molecule has 2 heterocycles. The second-order valence-corrected chi connectivity index (χ2v) is 6.12. The highest BCUT2D eigenvalue weighted by Crippen LogP contribution is 2.30. The Labute approximate surface area is 164 Å². The Balaban J connectivity index is 0.000000892. The zero-order valence-corrected chi connectivity index (χ0v) is 16.6. The van der Waals surface area contributed by atoms with Crippen LogP contribution in [0.2, 0.25) is 0 Å². The molecule has 0 spiro atoms. The van der Waals surface area contributed by atoms with E-state index in [9.17, 15) is 14.4 Å². The molecule has 2 rings (SSSR count). The van der Waals surface area contributed by atoms with Crippen molar-refractivity contribution in [3.8, 4) is 0 Å². The standard InChI is InChI=1S/C13H18N4O6S.C2H4O2/c1-7(18)21-5-10-9(22-8(2)19)4-11(23-10)17-6-14-12(16-24-3)15-13(17)20;1-2(3)4/h6,9-11H,4-5H2,1-3H3,(H,15,16,20);1H3,(H,3,4)/t9-,10?,11?;/m1./s1. The van der Waals surface area contributed by atoms with Gasteiger partial charge in [0.2, 0.25) is 5.95 Å². The van der Waals surface area contributed by atoms with Gasteiger partial charge in [-0.1, -0.05) is 11.9 Å². The SMILES string of the molecule is CC(=O)O.CSNc1ncn(C2C[C@@H](OC(C)=O)C(COC(C)=O)O2)c(=O)n1. The van der Waals surface area contributed by atoms with Gasteiger partial charge < -0.3 is 19.3 Å². The van der Waals surface area contributed by atoms with Gasteiger partial charge in [0.15, 0.2) is 0 Å². The van der Waals surface area contributed by atoms with Crippen LogP contribution in [0, 0.1) is 0 Å². The third kappa shape index (κ3) is 7.92. The molecule has 0 aliphatic carbocycles. The number of aliphatic carboxylic acids is 1. The summed E-state index contributed by atoms with van der Waals surface area (Å²) in [5.74, 6) is -1.61. The summed E-state index contributed by atoms with van der Waals surface area (Å²) in [6.45, 7) is 3.54. The summed E-state index contributed by atoms with van der Waals surface area (Å²) < 4.78 is 19.8. The fourth-order valence-corrected chi connectivity index (χ4v) is 2.52. The number of nitrogens with zero attached hydrogens (tertiary/aromatic N) is 3. The fourth-order valence-electron chi connectivity index (χ4n) is 2.24. The third-order valence-electron chi connectivity index (χ3n) is 3.18.